The van der Waals surface area contributed by atoms with Crippen LogP contribution in [-0.2, 0) is 11.3 Å². The summed E-state index contributed by atoms with van der Waals surface area (Å²) in [6.45, 7) is 2.52. The molecule has 0 spiro atoms. The highest BCUT2D eigenvalue weighted by Gasteiger charge is 2.17. The predicted octanol–water partition coefficient (Wildman–Crippen LogP) is 3.54. The minimum Gasteiger partial charge on any atom is -0.345 e. The highest BCUT2D eigenvalue weighted by molar-refractivity contribution is 6.30. The molecule has 1 N–H and O–H groups in total. The fourth-order valence-electron chi connectivity index (χ4n) is 2.67. The van der Waals surface area contributed by atoms with Crippen LogP contribution in [0.15, 0.2) is 61.2 Å². The Kier molecular flexibility index (Phi) is 5.46. The van der Waals surface area contributed by atoms with Crippen molar-refractivity contribution in [1.29, 1.82) is 0 Å². The van der Waals surface area contributed by atoms with E-state index in [1.54, 1.807) is 18.6 Å². The van der Waals surface area contributed by atoms with E-state index in [-0.39, 0.29) is 11.9 Å². The molecule has 1 amide bonds. The SMILES string of the molecule is Cc1nccn1CCC(=O)N[C@@H](c1ccncc1)c1ccc(Cl)cc1. The molecule has 0 saturated heterocycles. The van der Waals surface area contributed by atoms with Gasteiger partial charge in [0.2, 0.25) is 5.91 Å². The minimum absolute atomic E-state index is 0.0233. The highest BCUT2D eigenvalue weighted by atomic mass is 35.5. The first-order chi connectivity index (χ1) is 12.1. The predicted molar refractivity (Wildman–Crippen MR) is 97.3 cm³/mol. The number of rotatable bonds is 6. The molecule has 3 rings (SSSR count). The smallest absolute Gasteiger partial charge is 0.222 e. The average Bonchev–Trinajstić information content (AvgIpc) is 3.04. The molecule has 5 nitrogen and oxygen atoms in total. The van der Waals surface area contributed by atoms with E-state index < -0.39 is 0 Å². The summed E-state index contributed by atoms with van der Waals surface area (Å²) in [6.07, 6.45) is 7.44. The van der Waals surface area contributed by atoms with E-state index in [2.05, 4.69) is 15.3 Å². The Balaban J connectivity index is 1.74. The van der Waals surface area contributed by atoms with Gasteiger partial charge in [-0.25, -0.2) is 4.98 Å². The summed E-state index contributed by atoms with van der Waals surface area (Å²) in [4.78, 5) is 20.7. The van der Waals surface area contributed by atoms with Gasteiger partial charge < -0.3 is 9.88 Å². The van der Waals surface area contributed by atoms with Gasteiger partial charge in [0.25, 0.3) is 0 Å². The maximum absolute atomic E-state index is 12.5. The van der Waals surface area contributed by atoms with Gasteiger partial charge in [0.15, 0.2) is 0 Å². The molecule has 0 saturated carbocycles. The summed E-state index contributed by atoms with van der Waals surface area (Å²) in [7, 11) is 0. The topological polar surface area (TPSA) is 59.8 Å². The first-order valence-electron chi connectivity index (χ1n) is 8.06. The van der Waals surface area contributed by atoms with E-state index in [4.69, 9.17) is 11.6 Å². The number of carbonyl (C=O) groups excluding carboxylic acids is 1. The van der Waals surface area contributed by atoms with Crippen molar-refractivity contribution in [3.05, 3.63) is 83.2 Å². The molecule has 3 aromatic rings. The number of aromatic nitrogens is 3. The molecule has 0 aliphatic heterocycles. The molecule has 0 unspecified atom stereocenters. The van der Waals surface area contributed by atoms with Crippen LogP contribution in [0, 0.1) is 6.92 Å². The number of nitrogens with one attached hydrogen (secondary N) is 1. The Morgan fingerprint density at radius 1 is 1.12 bits per heavy atom. The van der Waals surface area contributed by atoms with Crippen molar-refractivity contribution in [3.8, 4) is 0 Å². The normalized spacial score (nSPS) is 11.9. The van der Waals surface area contributed by atoms with Crippen LogP contribution in [0.25, 0.3) is 0 Å². The van der Waals surface area contributed by atoms with E-state index >= 15 is 0 Å². The van der Waals surface area contributed by atoms with Gasteiger partial charge in [0, 0.05) is 42.8 Å². The molecule has 0 fully saturated rings. The fourth-order valence-corrected chi connectivity index (χ4v) is 2.79. The van der Waals surface area contributed by atoms with Crippen LogP contribution in [-0.4, -0.2) is 20.4 Å². The molecule has 25 heavy (non-hydrogen) atoms. The lowest BCUT2D eigenvalue weighted by Crippen LogP contribution is -2.30. The van der Waals surface area contributed by atoms with Crippen LogP contribution in [0.2, 0.25) is 5.02 Å². The van der Waals surface area contributed by atoms with Gasteiger partial charge in [-0.3, -0.25) is 9.78 Å². The number of aryl methyl sites for hydroxylation is 2. The zero-order chi connectivity index (χ0) is 17.6. The van der Waals surface area contributed by atoms with Crippen LogP contribution in [0.5, 0.6) is 0 Å². The molecule has 0 aliphatic carbocycles. The molecule has 0 radical (unpaired) electrons. The quantitative estimate of drug-likeness (QED) is 0.736. The van der Waals surface area contributed by atoms with Crippen molar-refractivity contribution >= 4 is 17.5 Å². The zero-order valence-corrected chi connectivity index (χ0v) is 14.6. The summed E-state index contributed by atoms with van der Waals surface area (Å²) in [6, 6.07) is 11.1. The maximum Gasteiger partial charge on any atom is 0.222 e. The second-order valence-electron chi connectivity index (χ2n) is 5.75. The van der Waals surface area contributed by atoms with Gasteiger partial charge in [-0.05, 0) is 42.3 Å². The maximum atomic E-state index is 12.5. The number of benzene rings is 1. The summed E-state index contributed by atoms with van der Waals surface area (Å²) in [5, 5.41) is 3.77. The molecule has 128 valence electrons. The molecular formula is C19H19ClN4O. The number of hydrogen-bond acceptors (Lipinski definition) is 3. The third-order valence-electron chi connectivity index (χ3n) is 4.05. The average molecular weight is 355 g/mol. The number of halogens is 1. The lowest BCUT2D eigenvalue weighted by atomic mass is 9.99. The number of imidazole rings is 1. The summed E-state index contributed by atoms with van der Waals surface area (Å²) >= 11 is 5.98. The second-order valence-corrected chi connectivity index (χ2v) is 6.19. The van der Waals surface area contributed by atoms with Gasteiger partial charge in [0.1, 0.15) is 5.82 Å². The van der Waals surface area contributed by atoms with E-state index in [9.17, 15) is 4.79 Å². The van der Waals surface area contributed by atoms with Crippen LogP contribution in [0.1, 0.15) is 29.4 Å². The molecule has 0 aliphatic rings. The molecule has 6 heteroatoms. The lowest BCUT2D eigenvalue weighted by molar-refractivity contribution is -0.121. The third kappa shape index (κ3) is 4.45. The Morgan fingerprint density at radius 2 is 1.80 bits per heavy atom. The standard InChI is InChI=1S/C19H19ClN4O/c1-14-22-11-13-24(14)12-8-18(25)23-19(16-6-9-21-10-7-16)15-2-4-17(20)5-3-15/h2-7,9-11,13,19H,8,12H2,1H3,(H,23,25)/t19-/m1/s1. The summed E-state index contributed by atoms with van der Waals surface area (Å²) in [5.74, 6) is 0.876. The molecule has 1 aromatic carbocycles. The largest absolute Gasteiger partial charge is 0.345 e. The van der Waals surface area contributed by atoms with Gasteiger partial charge in [0.05, 0.1) is 6.04 Å². The van der Waals surface area contributed by atoms with Crippen molar-refractivity contribution in [1.82, 2.24) is 19.9 Å². The van der Waals surface area contributed by atoms with Crippen molar-refractivity contribution < 1.29 is 4.79 Å². The highest BCUT2D eigenvalue weighted by Crippen LogP contribution is 2.23. The number of carbonyl (C=O) groups is 1. The van der Waals surface area contributed by atoms with Crippen molar-refractivity contribution in [3.63, 3.8) is 0 Å². The summed E-state index contributed by atoms with van der Waals surface area (Å²) in [5.41, 5.74) is 1.95. The zero-order valence-electron chi connectivity index (χ0n) is 13.9. The van der Waals surface area contributed by atoms with Crippen LogP contribution in [0.3, 0.4) is 0 Å². The fraction of sp³-hybridized carbons (Fsp3) is 0.211. The first kappa shape index (κ1) is 17.2. The first-order valence-corrected chi connectivity index (χ1v) is 8.44. The van der Waals surface area contributed by atoms with Crippen molar-refractivity contribution in [2.45, 2.75) is 25.9 Å². The Bertz CT molecular complexity index is 830. The number of pyridine rings is 1. The molecular weight excluding hydrogens is 336 g/mol. The Labute approximate surface area is 151 Å². The van der Waals surface area contributed by atoms with Crippen LogP contribution >= 0.6 is 11.6 Å². The van der Waals surface area contributed by atoms with E-state index in [0.717, 1.165) is 17.0 Å². The van der Waals surface area contributed by atoms with Crippen molar-refractivity contribution in [2.24, 2.45) is 0 Å². The lowest BCUT2D eigenvalue weighted by Gasteiger charge is -2.20. The summed E-state index contributed by atoms with van der Waals surface area (Å²) < 4.78 is 1.96. The minimum atomic E-state index is -0.239. The van der Waals surface area contributed by atoms with Crippen LogP contribution < -0.4 is 5.32 Å². The Hall–Kier alpha value is -2.66. The van der Waals surface area contributed by atoms with E-state index in [1.165, 1.54) is 0 Å². The number of hydrogen-bond donors (Lipinski definition) is 1. The van der Waals surface area contributed by atoms with Gasteiger partial charge in [-0.15, -0.1) is 0 Å². The van der Waals surface area contributed by atoms with E-state index in [1.807, 2.05) is 54.1 Å². The molecule has 1 atom stereocenters. The van der Waals surface area contributed by atoms with Gasteiger partial charge in [-0.1, -0.05) is 23.7 Å². The molecule has 2 heterocycles. The van der Waals surface area contributed by atoms with Gasteiger partial charge in [-0.2, -0.15) is 0 Å². The molecule has 0 bridgehead atoms. The van der Waals surface area contributed by atoms with Gasteiger partial charge >= 0.3 is 0 Å². The van der Waals surface area contributed by atoms with Crippen LogP contribution in [0.4, 0.5) is 0 Å². The third-order valence-corrected chi connectivity index (χ3v) is 4.30. The van der Waals surface area contributed by atoms with E-state index in [0.29, 0.717) is 18.0 Å². The number of amides is 1. The molecule has 2 aromatic heterocycles. The number of nitrogens with zero attached hydrogens (tertiary/aromatic N) is 3. The monoisotopic (exact) mass is 354 g/mol. The van der Waals surface area contributed by atoms with Crippen molar-refractivity contribution in [2.75, 3.05) is 0 Å². The Morgan fingerprint density at radius 3 is 2.44 bits per heavy atom. The second kappa shape index (κ2) is 7.94.